The van der Waals surface area contributed by atoms with E-state index < -0.39 is 6.10 Å². The average Bonchev–Trinajstić information content (AvgIpc) is 3.18. The summed E-state index contributed by atoms with van der Waals surface area (Å²) in [5.74, 6) is 1.14. The molecule has 3 N–H and O–H groups in total. The van der Waals surface area contributed by atoms with Crippen LogP contribution in [0.4, 0.5) is 0 Å². The van der Waals surface area contributed by atoms with E-state index in [4.69, 9.17) is 0 Å². The van der Waals surface area contributed by atoms with Crippen LogP contribution in [0.1, 0.15) is 46.0 Å². The molecule has 0 unspecified atom stereocenters. The van der Waals surface area contributed by atoms with Crippen LogP contribution in [0.2, 0.25) is 0 Å². The minimum absolute atomic E-state index is 0.0130. The Hall–Kier alpha value is -0.910. The van der Waals surface area contributed by atoms with E-state index in [-0.39, 0.29) is 34.2 Å². The lowest BCUT2D eigenvalue weighted by Gasteiger charge is -2.65. The fraction of sp³-hybridized carbons (Fsp3) is 0.864. The van der Waals surface area contributed by atoms with Crippen molar-refractivity contribution in [1.82, 2.24) is 4.90 Å². The predicted octanol–water partition coefficient (Wildman–Crippen LogP) is 2.26. The number of piperidine rings is 1. The van der Waals surface area contributed by atoms with E-state index in [1.54, 1.807) is 0 Å². The lowest BCUT2D eigenvalue weighted by molar-refractivity contribution is -0.206. The van der Waals surface area contributed by atoms with Gasteiger partial charge in [-0.15, -0.1) is 0 Å². The number of aliphatic hydroxyl groups excluding tert-OH is 2. The van der Waals surface area contributed by atoms with Crippen molar-refractivity contribution >= 4 is 5.71 Å². The van der Waals surface area contributed by atoms with Gasteiger partial charge in [-0.05, 0) is 67.4 Å². The van der Waals surface area contributed by atoms with E-state index in [2.05, 4.69) is 30.5 Å². The van der Waals surface area contributed by atoms with Gasteiger partial charge in [0.1, 0.15) is 0 Å². The summed E-state index contributed by atoms with van der Waals surface area (Å²) in [5.41, 5.74) is 1.53. The summed E-state index contributed by atoms with van der Waals surface area (Å²) in [6, 6.07) is 0.347. The fourth-order valence-electron chi connectivity index (χ4n) is 9.88. The molecule has 0 radical (unpaired) electrons. The molecular formula is C22H32N2O3. The molecule has 6 fully saturated rings. The van der Waals surface area contributed by atoms with Crippen molar-refractivity contribution < 1.29 is 15.4 Å². The molecule has 0 aromatic rings. The second-order valence-electron chi connectivity index (χ2n) is 10.8. The van der Waals surface area contributed by atoms with Crippen LogP contribution in [0.15, 0.2) is 17.3 Å². The smallest absolute Gasteiger partial charge is 0.0816 e. The number of aliphatic hydroxyl groups is 2. The first kappa shape index (κ1) is 17.0. The first-order valence-electron chi connectivity index (χ1n) is 10.9. The maximum atomic E-state index is 11.5. The van der Waals surface area contributed by atoms with E-state index in [1.807, 2.05) is 0 Å². The zero-order chi connectivity index (χ0) is 18.9. The molecule has 2 spiro atoms. The minimum Gasteiger partial charge on any atom is -0.411 e. The van der Waals surface area contributed by atoms with Crippen molar-refractivity contribution in [2.24, 2.45) is 45.1 Å². The zero-order valence-electron chi connectivity index (χ0n) is 16.4. The summed E-state index contributed by atoms with van der Waals surface area (Å²) in [6.45, 7) is 11.0. The Morgan fingerprint density at radius 1 is 1.30 bits per heavy atom. The number of hydrogen-bond donors (Lipinski definition) is 3. The van der Waals surface area contributed by atoms with Crippen molar-refractivity contribution in [3.63, 3.8) is 0 Å². The van der Waals surface area contributed by atoms with E-state index >= 15 is 0 Å². The van der Waals surface area contributed by atoms with Crippen LogP contribution in [0.3, 0.4) is 0 Å². The molecule has 10 atom stereocenters. The predicted molar refractivity (Wildman–Crippen MR) is 101 cm³/mol. The molecule has 5 nitrogen and oxygen atoms in total. The van der Waals surface area contributed by atoms with Crippen LogP contribution in [0.25, 0.3) is 0 Å². The molecule has 7 bridgehead atoms. The van der Waals surface area contributed by atoms with Gasteiger partial charge < -0.3 is 15.4 Å². The molecule has 5 heteroatoms. The number of hydrogen-bond acceptors (Lipinski definition) is 5. The van der Waals surface area contributed by atoms with Gasteiger partial charge in [-0.2, -0.15) is 0 Å². The third kappa shape index (κ3) is 1.48. The summed E-state index contributed by atoms with van der Waals surface area (Å²) < 4.78 is 0. The highest BCUT2D eigenvalue weighted by molar-refractivity contribution is 5.91. The summed E-state index contributed by atoms with van der Waals surface area (Å²) in [5, 5.41) is 36.4. The number of nitrogens with zero attached hydrogens (tertiary/aromatic N) is 2. The number of fused-ring (bicyclic) bond motifs is 1. The molecule has 0 amide bonds. The third-order valence-corrected chi connectivity index (χ3v) is 10.5. The van der Waals surface area contributed by atoms with Gasteiger partial charge in [-0.1, -0.05) is 25.6 Å². The SMILES string of the molecule is C=C1[C@H]2C[C@@]3([C@@H]1O)[C@@H](C/C2=N/O)[C@]12[C@@H]4C[C@H]3[C@H]1N(CC)C[C@]4(C)CC[C@@H]2O. The zero-order valence-corrected chi connectivity index (χ0v) is 16.4. The van der Waals surface area contributed by atoms with E-state index in [1.165, 1.54) is 0 Å². The molecule has 0 aromatic heterocycles. The molecule has 0 aromatic carbocycles. The van der Waals surface area contributed by atoms with Gasteiger partial charge in [0, 0.05) is 29.3 Å². The summed E-state index contributed by atoms with van der Waals surface area (Å²) >= 11 is 0. The minimum atomic E-state index is -0.531. The highest BCUT2D eigenvalue weighted by Crippen LogP contribution is 2.83. The largest absolute Gasteiger partial charge is 0.411 e. The molecule has 148 valence electrons. The van der Waals surface area contributed by atoms with Gasteiger partial charge in [-0.25, -0.2) is 0 Å². The van der Waals surface area contributed by atoms with Crippen LogP contribution in [0, 0.1) is 39.9 Å². The highest BCUT2D eigenvalue weighted by Gasteiger charge is 2.85. The van der Waals surface area contributed by atoms with Crippen LogP contribution >= 0.6 is 0 Å². The Balaban J connectivity index is 1.61. The maximum absolute atomic E-state index is 11.5. The second-order valence-corrected chi connectivity index (χ2v) is 10.8. The number of likely N-dealkylation sites (tertiary alicyclic amines) is 1. The molecule has 1 heterocycles. The van der Waals surface area contributed by atoms with Crippen molar-refractivity contribution in [3.8, 4) is 0 Å². The lowest BCUT2D eigenvalue weighted by Crippen LogP contribution is -2.68. The second kappa shape index (κ2) is 4.80. The summed E-state index contributed by atoms with van der Waals surface area (Å²) in [6.07, 6.45) is 3.81. The first-order valence-corrected chi connectivity index (χ1v) is 10.9. The highest BCUT2D eigenvalue weighted by atomic mass is 16.4. The Kier molecular flexibility index (Phi) is 3.02. The van der Waals surface area contributed by atoms with Gasteiger partial charge in [0.25, 0.3) is 0 Å². The fourth-order valence-corrected chi connectivity index (χ4v) is 9.88. The monoisotopic (exact) mass is 372 g/mol. The van der Waals surface area contributed by atoms with Crippen molar-refractivity contribution in [1.29, 1.82) is 0 Å². The molecule has 5 aliphatic carbocycles. The van der Waals surface area contributed by atoms with Crippen molar-refractivity contribution in [2.45, 2.75) is 64.2 Å². The summed E-state index contributed by atoms with van der Waals surface area (Å²) in [4.78, 5) is 2.64. The van der Waals surface area contributed by atoms with Crippen molar-refractivity contribution in [3.05, 3.63) is 12.2 Å². The molecule has 1 saturated heterocycles. The third-order valence-electron chi connectivity index (χ3n) is 10.5. The van der Waals surface area contributed by atoms with Gasteiger partial charge in [0.05, 0.1) is 17.9 Å². The topological polar surface area (TPSA) is 76.3 Å². The molecular weight excluding hydrogens is 340 g/mol. The molecule has 1 aliphatic heterocycles. The molecule has 5 saturated carbocycles. The number of oxime groups is 1. The molecule has 6 rings (SSSR count). The van der Waals surface area contributed by atoms with Crippen molar-refractivity contribution in [2.75, 3.05) is 13.1 Å². The normalized spacial score (nSPS) is 62.3. The lowest BCUT2D eigenvalue weighted by atomic mass is 9.43. The van der Waals surface area contributed by atoms with Gasteiger partial charge in [0.15, 0.2) is 0 Å². The summed E-state index contributed by atoms with van der Waals surface area (Å²) in [7, 11) is 0. The Morgan fingerprint density at radius 2 is 2.07 bits per heavy atom. The van der Waals surface area contributed by atoms with E-state index in [0.29, 0.717) is 24.3 Å². The van der Waals surface area contributed by atoms with Crippen LogP contribution in [-0.4, -0.2) is 57.4 Å². The van der Waals surface area contributed by atoms with Gasteiger partial charge in [-0.3, -0.25) is 4.90 Å². The van der Waals surface area contributed by atoms with E-state index in [0.717, 1.165) is 50.1 Å². The number of rotatable bonds is 1. The standard InChI is InChI=1S/C22H32N2O3/c1-4-24-10-20(3)6-5-17(25)22-15(20)7-13(18(22)24)21-9-12(11(2)19(21)26)14(23-27)8-16(21)22/h12-13,15-19,25-27H,2,4-10H2,1,3H3/b23-14-/t12-,13+,15-,16-,17+,18-,19-,20+,21+,22+/m1/s1. The average molecular weight is 373 g/mol. The molecule has 6 aliphatic rings. The Morgan fingerprint density at radius 3 is 2.78 bits per heavy atom. The van der Waals surface area contributed by atoms with Gasteiger partial charge in [0.2, 0.25) is 0 Å². The quantitative estimate of drug-likeness (QED) is 0.375. The first-order chi connectivity index (χ1) is 12.9. The maximum Gasteiger partial charge on any atom is 0.0816 e. The van der Waals surface area contributed by atoms with Crippen LogP contribution < -0.4 is 0 Å². The van der Waals surface area contributed by atoms with E-state index in [9.17, 15) is 15.4 Å². The van der Waals surface area contributed by atoms with Gasteiger partial charge >= 0.3 is 0 Å². The molecule has 27 heavy (non-hydrogen) atoms. The Labute approximate surface area is 161 Å². The van der Waals surface area contributed by atoms with Crippen LogP contribution in [0.5, 0.6) is 0 Å². The van der Waals surface area contributed by atoms with Crippen LogP contribution in [-0.2, 0) is 0 Å². The Bertz CT molecular complexity index is 767.